The van der Waals surface area contributed by atoms with Crippen LogP contribution in [0.4, 0.5) is 5.69 Å². The molecule has 5 rings (SSSR count). The molecule has 0 aliphatic carbocycles. The van der Waals surface area contributed by atoms with Gasteiger partial charge in [-0.25, -0.2) is 0 Å². The Balaban J connectivity index is 1.59. The molecule has 190 valence electrons. The summed E-state index contributed by atoms with van der Waals surface area (Å²) < 4.78 is 7.96. The Hall–Kier alpha value is -3.97. The zero-order valence-corrected chi connectivity index (χ0v) is 21.1. The van der Waals surface area contributed by atoms with Gasteiger partial charge in [0.05, 0.1) is 17.1 Å². The van der Waals surface area contributed by atoms with Crippen molar-refractivity contribution in [2.24, 2.45) is 0 Å². The van der Waals surface area contributed by atoms with Crippen molar-refractivity contribution in [3.8, 4) is 0 Å². The first kappa shape index (κ1) is 24.7. The number of nitro benzene ring substituents is 1. The van der Waals surface area contributed by atoms with Gasteiger partial charge in [0.2, 0.25) is 5.91 Å². The lowest BCUT2D eigenvalue weighted by Gasteiger charge is -2.36. The predicted molar refractivity (Wildman–Crippen MR) is 144 cm³/mol. The number of aromatic nitrogens is 1. The summed E-state index contributed by atoms with van der Waals surface area (Å²) in [5.74, 6) is -0.186. The van der Waals surface area contributed by atoms with Gasteiger partial charge in [0.25, 0.3) is 5.69 Å². The molecule has 2 heterocycles. The highest BCUT2D eigenvalue weighted by Gasteiger charge is 2.30. The third kappa shape index (κ3) is 5.42. The number of morpholine rings is 1. The molecule has 1 aliphatic rings. The van der Waals surface area contributed by atoms with E-state index in [0.717, 1.165) is 27.6 Å². The highest BCUT2D eigenvalue weighted by molar-refractivity contribution is 5.88. The van der Waals surface area contributed by atoms with Crippen molar-refractivity contribution in [3.63, 3.8) is 0 Å². The Morgan fingerprint density at radius 1 is 1.00 bits per heavy atom. The molecule has 1 fully saturated rings. The number of ether oxygens (including phenoxy) is 1. The van der Waals surface area contributed by atoms with Crippen LogP contribution >= 0.6 is 0 Å². The number of amides is 1. The van der Waals surface area contributed by atoms with E-state index >= 15 is 0 Å². The minimum Gasteiger partial charge on any atom is -0.372 e. The molecule has 3 aromatic carbocycles. The van der Waals surface area contributed by atoms with Gasteiger partial charge in [0.1, 0.15) is 0 Å². The fourth-order valence-corrected chi connectivity index (χ4v) is 5.39. The van der Waals surface area contributed by atoms with E-state index in [1.54, 1.807) is 12.1 Å². The number of carbonyl (C=O) groups is 1. The SMILES string of the molecule is C[C@@H]1CN(C(=O)C[C@@H](c2ccccc2)c2cn(Cc3ccccc3)c3ccc([N+](=O)[O-])cc23)C[C@@H](C)O1. The van der Waals surface area contributed by atoms with Crippen molar-refractivity contribution in [1.29, 1.82) is 0 Å². The molecule has 7 nitrogen and oxygen atoms in total. The molecule has 1 aromatic heterocycles. The maximum atomic E-state index is 13.6. The summed E-state index contributed by atoms with van der Waals surface area (Å²) in [6.07, 6.45) is 2.31. The third-order valence-corrected chi connectivity index (χ3v) is 7.03. The van der Waals surface area contributed by atoms with Gasteiger partial charge in [-0.3, -0.25) is 14.9 Å². The molecule has 0 unspecified atom stereocenters. The summed E-state index contributed by atoms with van der Waals surface area (Å²) in [6, 6.07) is 25.1. The predicted octanol–water partition coefficient (Wildman–Crippen LogP) is 5.76. The van der Waals surface area contributed by atoms with Crippen molar-refractivity contribution >= 4 is 22.5 Å². The van der Waals surface area contributed by atoms with E-state index in [0.29, 0.717) is 19.6 Å². The van der Waals surface area contributed by atoms with Crippen molar-refractivity contribution in [2.45, 2.75) is 44.9 Å². The monoisotopic (exact) mass is 497 g/mol. The maximum absolute atomic E-state index is 13.6. The number of hydrogen-bond donors (Lipinski definition) is 0. The minimum absolute atomic E-state index is 0.0155. The van der Waals surface area contributed by atoms with E-state index in [-0.39, 0.29) is 41.1 Å². The van der Waals surface area contributed by atoms with Gasteiger partial charge >= 0.3 is 0 Å². The van der Waals surface area contributed by atoms with Gasteiger partial charge < -0.3 is 14.2 Å². The second-order valence-electron chi connectivity index (χ2n) is 9.88. The number of carbonyl (C=O) groups excluding carboxylic acids is 1. The summed E-state index contributed by atoms with van der Waals surface area (Å²) in [7, 11) is 0. The average molecular weight is 498 g/mol. The molecule has 0 radical (unpaired) electrons. The van der Waals surface area contributed by atoms with E-state index in [9.17, 15) is 14.9 Å². The standard InChI is InChI=1S/C30H31N3O4/c1-21-17-32(18-22(2)37-21)30(34)16-26(24-11-7-4-8-12-24)28-20-31(19-23-9-5-3-6-10-23)29-14-13-25(33(35)36)15-27(28)29/h3-15,20-22,26H,16-19H2,1-2H3/t21-,22-,26+/m1/s1. The van der Waals surface area contributed by atoms with Crippen LogP contribution < -0.4 is 0 Å². The maximum Gasteiger partial charge on any atom is 0.270 e. The molecule has 0 bridgehead atoms. The quantitative estimate of drug-likeness (QED) is 0.240. The molecular formula is C30H31N3O4. The topological polar surface area (TPSA) is 77.6 Å². The van der Waals surface area contributed by atoms with Crippen LogP contribution in [0.15, 0.2) is 85.1 Å². The van der Waals surface area contributed by atoms with Crippen LogP contribution in [0.3, 0.4) is 0 Å². The molecule has 3 atom stereocenters. The van der Waals surface area contributed by atoms with Crippen LogP contribution in [0.25, 0.3) is 10.9 Å². The second-order valence-corrected chi connectivity index (χ2v) is 9.88. The molecule has 1 aliphatic heterocycles. The van der Waals surface area contributed by atoms with Crippen LogP contribution in [-0.4, -0.2) is 45.6 Å². The Bertz CT molecular complexity index is 1390. The molecule has 1 saturated heterocycles. The molecule has 0 spiro atoms. The Morgan fingerprint density at radius 3 is 2.30 bits per heavy atom. The Kier molecular flexibility index (Phi) is 7.06. The van der Waals surface area contributed by atoms with E-state index in [4.69, 9.17) is 4.74 Å². The first-order valence-corrected chi connectivity index (χ1v) is 12.7. The number of rotatable bonds is 7. The first-order chi connectivity index (χ1) is 17.9. The lowest BCUT2D eigenvalue weighted by Crippen LogP contribution is -2.48. The average Bonchev–Trinajstić information content (AvgIpc) is 3.24. The van der Waals surface area contributed by atoms with Crippen LogP contribution in [0.2, 0.25) is 0 Å². The van der Waals surface area contributed by atoms with Crippen molar-refractivity contribution in [3.05, 3.63) is 112 Å². The van der Waals surface area contributed by atoms with E-state index in [1.165, 1.54) is 0 Å². The summed E-state index contributed by atoms with van der Waals surface area (Å²) in [5, 5.41) is 12.5. The van der Waals surface area contributed by atoms with Gasteiger partial charge in [0, 0.05) is 61.2 Å². The van der Waals surface area contributed by atoms with Crippen molar-refractivity contribution in [1.82, 2.24) is 9.47 Å². The molecule has 4 aromatic rings. The number of fused-ring (bicyclic) bond motifs is 1. The van der Waals surface area contributed by atoms with Crippen LogP contribution in [-0.2, 0) is 16.1 Å². The molecule has 1 amide bonds. The first-order valence-electron chi connectivity index (χ1n) is 12.7. The smallest absolute Gasteiger partial charge is 0.270 e. The number of nitrogens with zero attached hydrogens (tertiary/aromatic N) is 3. The highest BCUT2D eigenvalue weighted by Crippen LogP contribution is 2.37. The van der Waals surface area contributed by atoms with Crippen LogP contribution in [0, 0.1) is 10.1 Å². The lowest BCUT2D eigenvalue weighted by atomic mass is 9.87. The van der Waals surface area contributed by atoms with Gasteiger partial charge in [0.15, 0.2) is 0 Å². The van der Waals surface area contributed by atoms with E-state index < -0.39 is 0 Å². The largest absolute Gasteiger partial charge is 0.372 e. The molecular weight excluding hydrogens is 466 g/mol. The van der Waals surface area contributed by atoms with Gasteiger partial charge in [-0.2, -0.15) is 0 Å². The number of non-ortho nitro benzene ring substituents is 1. The zero-order chi connectivity index (χ0) is 25.9. The summed E-state index contributed by atoms with van der Waals surface area (Å²) in [5.41, 5.74) is 4.01. The highest BCUT2D eigenvalue weighted by atomic mass is 16.6. The van der Waals surface area contributed by atoms with Gasteiger partial charge in [-0.05, 0) is 36.6 Å². The van der Waals surface area contributed by atoms with Crippen molar-refractivity contribution in [2.75, 3.05) is 13.1 Å². The lowest BCUT2D eigenvalue weighted by molar-refractivity contribution is -0.384. The fourth-order valence-electron chi connectivity index (χ4n) is 5.39. The molecule has 0 saturated carbocycles. The van der Waals surface area contributed by atoms with Gasteiger partial charge in [-0.15, -0.1) is 0 Å². The number of hydrogen-bond acceptors (Lipinski definition) is 4. The zero-order valence-electron chi connectivity index (χ0n) is 21.1. The van der Waals surface area contributed by atoms with Crippen LogP contribution in [0.5, 0.6) is 0 Å². The second kappa shape index (κ2) is 10.6. The summed E-state index contributed by atoms with van der Waals surface area (Å²) in [6.45, 7) is 5.73. The Labute approximate surface area is 216 Å². The normalized spacial score (nSPS) is 18.6. The summed E-state index contributed by atoms with van der Waals surface area (Å²) >= 11 is 0. The fraction of sp³-hybridized carbons (Fsp3) is 0.300. The van der Waals surface area contributed by atoms with E-state index in [2.05, 4.69) is 22.9 Å². The molecule has 0 N–H and O–H groups in total. The number of nitro groups is 1. The third-order valence-electron chi connectivity index (χ3n) is 7.03. The molecule has 37 heavy (non-hydrogen) atoms. The minimum atomic E-state index is -0.364. The number of benzene rings is 3. The van der Waals surface area contributed by atoms with E-state index in [1.807, 2.05) is 73.3 Å². The molecule has 7 heteroatoms. The summed E-state index contributed by atoms with van der Waals surface area (Å²) in [4.78, 5) is 26.8. The Morgan fingerprint density at radius 2 is 1.65 bits per heavy atom. The van der Waals surface area contributed by atoms with Gasteiger partial charge in [-0.1, -0.05) is 60.7 Å². The van der Waals surface area contributed by atoms with Crippen LogP contribution in [0.1, 0.15) is 42.9 Å². The van der Waals surface area contributed by atoms with Crippen molar-refractivity contribution < 1.29 is 14.5 Å².